The summed E-state index contributed by atoms with van der Waals surface area (Å²) in [7, 11) is 0. The molecule has 0 saturated carbocycles. The molecule has 3 N–H and O–H groups in total. The second-order valence-corrected chi connectivity index (χ2v) is 7.63. The van der Waals surface area contributed by atoms with Crippen LogP contribution in [-0.4, -0.2) is 12.5 Å². The normalized spacial score (nSPS) is 14.6. The van der Waals surface area contributed by atoms with Crippen LogP contribution in [0.4, 0.5) is 0 Å². The molecule has 2 unspecified atom stereocenters. The van der Waals surface area contributed by atoms with E-state index in [-0.39, 0.29) is 23.3 Å². The highest BCUT2D eigenvalue weighted by atomic mass is 79.9. The summed E-state index contributed by atoms with van der Waals surface area (Å²) in [5.41, 5.74) is 7.01. The lowest BCUT2D eigenvalue weighted by Gasteiger charge is -2.26. The zero-order valence-electron chi connectivity index (χ0n) is 13.4. The van der Waals surface area contributed by atoms with E-state index in [2.05, 4.69) is 48.9 Å². The number of benzene rings is 1. The van der Waals surface area contributed by atoms with Gasteiger partial charge in [-0.3, -0.25) is 4.79 Å². The fourth-order valence-corrected chi connectivity index (χ4v) is 2.69. The van der Waals surface area contributed by atoms with Gasteiger partial charge in [0.05, 0.1) is 12.0 Å². The maximum absolute atomic E-state index is 12.5. The predicted octanol–water partition coefficient (Wildman–Crippen LogP) is 4.03. The molecule has 0 aromatic heterocycles. The minimum Gasteiger partial charge on any atom is -0.349 e. The number of hydrogen-bond acceptors (Lipinski definition) is 2. The van der Waals surface area contributed by atoms with Crippen LogP contribution >= 0.6 is 15.9 Å². The van der Waals surface area contributed by atoms with Gasteiger partial charge in [-0.2, -0.15) is 0 Å². The Morgan fingerprint density at radius 1 is 1.29 bits per heavy atom. The van der Waals surface area contributed by atoms with Gasteiger partial charge in [-0.15, -0.1) is 0 Å². The number of amides is 1. The Labute approximate surface area is 136 Å². The lowest BCUT2D eigenvalue weighted by Crippen LogP contribution is -2.39. The molecule has 1 aromatic carbocycles. The van der Waals surface area contributed by atoms with Crippen LogP contribution in [0.2, 0.25) is 0 Å². The molecule has 1 aromatic rings. The summed E-state index contributed by atoms with van der Waals surface area (Å²) in [6.07, 6.45) is 1.66. The molecular formula is C17H27BrN2O. The number of carbonyl (C=O) groups is 1. The van der Waals surface area contributed by atoms with E-state index in [4.69, 9.17) is 5.73 Å². The minimum absolute atomic E-state index is 0.0413. The Hall–Kier alpha value is -0.870. The molecule has 118 valence electrons. The second-order valence-electron chi connectivity index (χ2n) is 6.72. The van der Waals surface area contributed by atoms with Crippen LogP contribution in [0.1, 0.15) is 52.1 Å². The first-order valence-corrected chi connectivity index (χ1v) is 8.32. The molecule has 1 amide bonds. The third-order valence-corrected chi connectivity index (χ3v) is 4.04. The molecule has 0 aliphatic rings. The Bertz CT molecular complexity index is 451. The van der Waals surface area contributed by atoms with Crippen molar-refractivity contribution in [2.45, 2.75) is 46.6 Å². The number of hydrogen-bond donors (Lipinski definition) is 2. The molecule has 2 atom stereocenters. The van der Waals surface area contributed by atoms with Crippen LogP contribution < -0.4 is 11.1 Å². The van der Waals surface area contributed by atoms with Crippen LogP contribution in [0.25, 0.3) is 0 Å². The largest absolute Gasteiger partial charge is 0.349 e. The second kappa shape index (κ2) is 7.95. The lowest BCUT2D eigenvalue weighted by atomic mass is 9.84. The van der Waals surface area contributed by atoms with Gasteiger partial charge in [-0.05, 0) is 36.0 Å². The first kappa shape index (κ1) is 18.2. The lowest BCUT2D eigenvalue weighted by molar-refractivity contribution is -0.126. The van der Waals surface area contributed by atoms with Crippen molar-refractivity contribution in [3.05, 3.63) is 34.3 Å². The van der Waals surface area contributed by atoms with Crippen molar-refractivity contribution in [1.82, 2.24) is 5.32 Å². The summed E-state index contributed by atoms with van der Waals surface area (Å²) in [5.74, 6) is -0.0725. The number of nitrogens with two attached hydrogens (primary N) is 1. The van der Waals surface area contributed by atoms with E-state index in [9.17, 15) is 4.79 Å². The number of halogens is 1. The van der Waals surface area contributed by atoms with Crippen molar-refractivity contribution in [1.29, 1.82) is 0 Å². The summed E-state index contributed by atoms with van der Waals surface area (Å²) in [6, 6.07) is 8.12. The molecule has 0 radical (unpaired) electrons. The number of nitrogens with one attached hydrogen (secondary N) is 1. The molecule has 4 heteroatoms. The fraction of sp³-hybridized carbons (Fsp3) is 0.588. The highest BCUT2D eigenvalue weighted by Gasteiger charge is 2.25. The van der Waals surface area contributed by atoms with Crippen LogP contribution in [0.15, 0.2) is 28.7 Å². The minimum atomic E-state index is -0.130. The van der Waals surface area contributed by atoms with Crippen LogP contribution in [0, 0.1) is 11.3 Å². The molecule has 0 bridgehead atoms. The van der Waals surface area contributed by atoms with Gasteiger partial charge in [0.25, 0.3) is 0 Å². The molecule has 0 saturated heterocycles. The molecule has 3 nitrogen and oxygen atoms in total. The highest BCUT2D eigenvalue weighted by Crippen LogP contribution is 2.25. The Morgan fingerprint density at radius 3 is 2.29 bits per heavy atom. The average Bonchev–Trinajstić information content (AvgIpc) is 2.42. The highest BCUT2D eigenvalue weighted by molar-refractivity contribution is 9.10. The molecular weight excluding hydrogens is 328 g/mol. The van der Waals surface area contributed by atoms with E-state index in [1.807, 2.05) is 24.3 Å². The summed E-state index contributed by atoms with van der Waals surface area (Å²) in [6.45, 7) is 8.87. The van der Waals surface area contributed by atoms with E-state index < -0.39 is 0 Å². The third-order valence-electron chi connectivity index (χ3n) is 3.51. The summed E-state index contributed by atoms with van der Waals surface area (Å²) in [4.78, 5) is 12.5. The Balaban J connectivity index is 2.75. The van der Waals surface area contributed by atoms with Gasteiger partial charge in [-0.1, -0.05) is 55.8 Å². The zero-order chi connectivity index (χ0) is 16.0. The zero-order valence-corrected chi connectivity index (χ0v) is 15.0. The van der Waals surface area contributed by atoms with E-state index in [0.717, 1.165) is 22.9 Å². The third kappa shape index (κ3) is 6.18. The quantitative estimate of drug-likeness (QED) is 0.810. The van der Waals surface area contributed by atoms with Gasteiger partial charge in [0, 0.05) is 11.0 Å². The Kier molecular flexibility index (Phi) is 6.88. The smallest absolute Gasteiger partial charge is 0.224 e. The van der Waals surface area contributed by atoms with Gasteiger partial charge >= 0.3 is 0 Å². The molecule has 0 aliphatic heterocycles. The molecule has 0 spiro atoms. The SMILES string of the molecule is CCC(NC(=O)C(CN)CC(C)(C)C)c1ccc(Br)cc1. The first-order valence-electron chi connectivity index (χ1n) is 7.52. The summed E-state index contributed by atoms with van der Waals surface area (Å²) in [5, 5.41) is 3.14. The molecule has 0 heterocycles. The summed E-state index contributed by atoms with van der Waals surface area (Å²) >= 11 is 3.43. The van der Waals surface area contributed by atoms with Gasteiger partial charge in [0.2, 0.25) is 5.91 Å². The molecule has 0 aliphatic carbocycles. The first-order chi connectivity index (χ1) is 9.76. The predicted molar refractivity (Wildman–Crippen MR) is 91.9 cm³/mol. The van der Waals surface area contributed by atoms with Gasteiger partial charge in [0.15, 0.2) is 0 Å². The Morgan fingerprint density at radius 2 is 1.86 bits per heavy atom. The van der Waals surface area contributed by atoms with Gasteiger partial charge < -0.3 is 11.1 Å². The van der Waals surface area contributed by atoms with Gasteiger partial charge in [0.1, 0.15) is 0 Å². The van der Waals surface area contributed by atoms with Crippen LogP contribution in [-0.2, 0) is 4.79 Å². The van der Waals surface area contributed by atoms with E-state index >= 15 is 0 Å². The maximum atomic E-state index is 12.5. The van der Waals surface area contributed by atoms with E-state index in [1.165, 1.54) is 0 Å². The molecule has 0 fully saturated rings. The van der Waals surface area contributed by atoms with Crippen molar-refractivity contribution >= 4 is 21.8 Å². The average molecular weight is 355 g/mol. The topological polar surface area (TPSA) is 55.1 Å². The van der Waals surface area contributed by atoms with Crippen molar-refractivity contribution in [2.24, 2.45) is 17.1 Å². The maximum Gasteiger partial charge on any atom is 0.224 e. The molecule has 21 heavy (non-hydrogen) atoms. The van der Waals surface area contributed by atoms with Crippen LogP contribution in [0.3, 0.4) is 0 Å². The van der Waals surface area contributed by atoms with E-state index in [0.29, 0.717) is 6.54 Å². The monoisotopic (exact) mass is 354 g/mol. The van der Waals surface area contributed by atoms with Gasteiger partial charge in [-0.25, -0.2) is 0 Å². The number of rotatable bonds is 6. The fourth-order valence-electron chi connectivity index (χ4n) is 2.43. The van der Waals surface area contributed by atoms with Crippen molar-refractivity contribution in [3.8, 4) is 0 Å². The van der Waals surface area contributed by atoms with Crippen molar-refractivity contribution < 1.29 is 4.79 Å². The van der Waals surface area contributed by atoms with E-state index in [1.54, 1.807) is 0 Å². The number of carbonyl (C=O) groups excluding carboxylic acids is 1. The summed E-state index contributed by atoms with van der Waals surface area (Å²) < 4.78 is 1.04. The van der Waals surface area contributed by atoms with Crippen molar-refractivity contribution in [3.63, 3.8) is 0 Å². The van der Waals surface area contributed by atoms with Crippen molar-refractivity contribution in [2.75, 3.05) is 6.54 Å². The molecule has 1 rings (SSSR count). The standard InChI is InChI=1S/C17H27BrN2O/c1-5-15(12-6-8-14(18)9-7-12)20-16(21)13(11-19)10-17(2,3)4/h6-9,13,15H,5,10-11,19H2,1-4H3,(H,20,21). The van der Waals surface area contributed by atoms with Crippen LogP contribution in [0.5, 0.6) is 0 Å².